The van der Waals surface area contributed by atoms with Crippen LogP contribution in [0.3, 0.4) is 0 Å². The van der Waals surface area contributed by atoms with Crippen molar-refractivity contribution in [2.24, 2.45) is 0 Å². The van der Waals surface area contributed by atoms with Gasteiger partial charge in [0.15, 0.2) is 17.5 Å². The zero-order valence-corrected chi connectivity index (χ0v) is 26.4. The number of rotatable bonds is 5. The fraction of sp³-hybridized carbons (Fsp3) is 0. The fourth-order valence-corrected chi connectivity index (χ4v) is 6.75. The number of fused-ring (bicyclic) bond motifs is 6. The third kappa shape index (κ3) is 4.52. The van der Waals surface area contributed by atoms with Crippen molar-refractivity contribution >= 4 is 43.7 Å². The molecule has 5 nitrogen and oxygen atoms in total. The Morgan fingerprint density at radius 1 is 0.460 bits per heavy atom. The molecule has 0 amide bonds. The summed E-state index contributed by atoms with van der Waals surface area (Å²) >= 11 is 0. The summed E-state index contributed by atoms with van der Waals surface area (Å²) in [4.78, 5) is 14.8. The summed E-state index contributed by atoms with van der Waals surface area (Å²) in [5.41, 5.74) is 5.52. The molecule has 10 aromatic rings. The fourth-order valence-electron chi connectivity index (χ4n) is 6.75. The van der Waals surface area contributed by atoms with E-state index in [1.54, 1.807) is 0 Å². The van der Waals surface area contributed by atoms with Gasteiger partial charge >= 0.3 is 0 Å². The minimum absolute atomic E-state index is 0.0211. The normalized spacial score (nSPS) is 13.3. The maximum absolute atomic E-state index is 9.45. The van der Waals surface area contributed by atoms with Crippen LogP contribution in [-0.2, 0) is 0 Å². The molecule has 50 heavy (non-hydrogen) atoms. The highest BCUT2D eigenvalue weighted by atomic mass is 16.3. The van der Waals surface area contributed by atoms with Crippen molar-refractivity contribution in [3.05, 3.63) is 170 Å². The van der Waals surface area contributed by atoms with Crippen molar-refractivity contribution in [2.75, 3.05) is 0 Å². The number of hydrogen-bond donors (Lipinski definition) is 0. The van der Waals surface area contributed by atoms with Crippen LogP contribution >= 0.6 is 0 Å². The van der Waals surface area contributed by atoms with Crippen molar-refractivity contribution in [3.8, 4) is 51.0 Å². The van der Waals surface area contributed by atoms with Crippen LogP contribution in [0.15, 0.2) is 174 Å². The van der Waals surface area contributed by atoms with E-state index in [9.17, 15) is 1.37 Å². The van der Waals surface area contributed by atoms with Gasteiger partial charge in [0, 0.05) is 49.4 Å². The Balaban J connectivity index is 1.34. The zero-order valence-electron chi connectivity index (χ0n) is 32.4. The zero-order chi connectivity index (χ0) is 38.2. The van der Waals surface area contributed by atoms with Gasteiger partial charge in [0.25, 0.3) is 0 Å². The largest absolute Gasteiger partial charge is 0.455 e. The van der Waals surface area contributed by atoms with E-state index in [1.807, 2.05) is 115 Å². The Kier molecular flexibility index (Phi) is 5.17. The van der Waals surface area contributed by atoms with E-state index in [0.717, 1.165) is 32.9 Å². The molecule has 0 N–H and O–H groups in total. The molecule has 0 spiro atoms. The molecule has 10 rings (SSSR count). The molecule has 7 aromatic carbocycles. The van der Waals surface area contributed by atoms with Crippen LogP contribution in [0.4, 0.5) is 0 Å². The van der Waals surface area contributed by atoms with E-state index >= 15 is 0 Å². The molecule has 0 bridgehead atoms. The number of nitrogens with zero attached hydrogens (tertiary/aromatic N) is 4. The summed E-state index contributed by atoms with van der Waals surface area (Å²) < 4.78 is 61.9. The number of para-hydroxylation sites is 4. The van der Waals surface area contributed by atoms with Crippen LogP contribution in [0.25, 0.3) is 94.7 Å². The van der Waals surface area contributed by atoms with Crippen molar-refractivity contribution in [3.63, 3.8) is 0 Å². The number of aromatic nitrogens is 4. The number of furan rings is 1. The molecule has 0 aliphatic heterocycles. The molecule has 0 saturated carbocycles. The molecule has 3 aromatic heterocycles. The summed E-state index contributed by atoms with van der Waals surface area (Å²) in [6, 6.07) is 41.0. The average Bonchev–Trinajstić information content (AvgIpc) is 3.80. The first-order chi connectivity index (χ1) is 27.3. The van der Waals surface area contributed by atoms with Gasteiger partial charge in [-0.1, -0.05) is 133 Å². The Hall–Kier alpha value is -6.85. The third-order valence-electron chi connectivity index (χ3n) is 9.03. The molecule has 0 radical (unpaired) electrons. The summed E-state index contributed by atoms with van der Waals surface area (Å²) in [6.07, 6.45) is 0. The van der Waals surface area contributed by atoms with Crippen LogP contribution in [0.1, 0.15) is 8.22 Å². The van der Waals surface area contributed by atoms with Crippen molar-refractivity contribution < 1.29 is 12.6 Å². The molecule has 0 aliphatic rings. The molecule has 0 atom stereocenters. The van der Waals surface area contributed by atoms with Crippen LogP contribution in [-0.4, -0.2) is 19.5 Å². The van der Waals surface area contributed by atoms with Crippen molar-refractivity contribution in [1.29, 1.82) is 0 Å². The predicted octanol–water partition coefficient (Wildman–Crippen LogP) is 11.5. The van der Waals surface area contributed by atoms with Crippen molar-refractivity contribution in [2.45, 2.75) is 0 Å². The Labute approximate surface area is 296 Å². The third-order valence-corrected chi connectivity index (χ3v) is 9.03. The van der Waals surface area contributed by atoms with E-state index in [-0.39, 0.29) is 63.8 Å². The monoisotopic (exact) mass is 646 g/mol. The van der Waals surface area contributed by atoms with E-state index in [4.69, 9.17) is 26.2 Å². The summed E-state index contributed by atoms with van der Waals surface area (Å²) in [7, 11) is 0. The first-order valence-electron chi connectivity index (χ1n) is 19.2. The first-order valence-corrected chi connectivity index (χ1v) is 16.2. The average molecular weight is 647 g/mol. The molecule has 0 aliphatic carbocycles. The Morgan fingerprint density at radius 3 is 1.70 bits per heavy atom. The van der Waals surface area contributed by atoms with Crippen LogP contribution in [0.5, 0.6) is 0 Å². The smallest absolute Gasteiger partial charge is 0.164 e. The summed E-state index contributed by atoms with van der Waals surface area (Å²) in [5, 5.41) is 2.27. The van der Waals surface area contributed by atoms with Crippen LogP contribution in [0.2, 0.25) is 0 Å². The lowest BCUT2D eigenvalue weighted by atomic mass is 9.98. The van der Waals surface area contributed by atoms with E-state index in [0.29, 0.717) is 34.3 Å². The molecular formula is C45H28N4O. The van der Waals surface area contributed by atoms with Gasteiger partial charge < -0.3 is 8.98 Å². The second-order valence-corrected chi connectivity index (χ2v) is 12.0. The molecular weight excluding hydrogens is 613 g/mol. The Morgan fingerprint density at radius 2 is 1.04 bits per heavy atom. The highest BCUT2D eigenvalue weighted by molar-refractivity contribution is 6.12. The van der Waals surface area contributed by atoms with Gasteiger partial charge in [0.2, 0.25) is 0 Å². The standard InChI is InChI=1S/C45H28N4O/c1-3-14-29(15-4-1)43-46-44(30-16-5-2-6-17-30)48-45(47-43)31-26-27-40(49-38-23-10-7-18-32(38)33-19-8-11-24-39(33)49)37(28-31)36-22-13-21-35-34-20-9-12-25-41(34)50-42(35)36/h1-28H/i9D,13D,20D,21D,22D,25D. The minimum Gasteiger partial charge on any atom is -0.455 e. The number of benzene rings is 7. The van der Waals surface area contributed by atoms with Crippen molar-refractivity contribution in [1.82, 2.24) is 19.5 Å². The molecule has 0 fully saturated rings. The molecule has 3 heterocycles. The van der Waals surface area contributed by atoms with E-state index < -0.39 is 0 Å². The lowest BCUT2D eigenvalue weighted by Gasteiger charge is -2.16. The molecule has 0 unspecified atom stereocenters. The van der Waals surface area contributed by atoms with Gasteiger partial charge in [-0.25, -0.2) is 15.0 Å². The minimum atomic E-state index is -0.368. The van der Waals surface area contributed by atoms with Gasteiger partial charge in [-0.2, -0.15) is 0 Å². The van der Waals surface area contributed by atoms with Gasteiger partial charge in [-0.3, -0.25) is 0 Å². The van der Waals surface area contributed by atoms with Crippen LogP contribution in [0, 0.1) is 0 Å². The van der Waals surface area contributed by atoms with E-state index in [1.165, 1.54) is 6.07 Å². The number of hydrogen-bond acceptors (Lipinski definition) is 4. The second kappa shape index (κ2) is 11.4. The second-order valence-electron chi connectivity index (χ2n) is 12.0. The molecule has 0 saturated heterocycles. The SMILES string of the molecule is [2H]c1cc([2H])c2oc3c(-c4cc(-c5nc(-c6ccccc6)nc(-c6ccccc6)n5)ccc4-n4c5ccccc5c5ccccc54)c([2H])c([2H])c([2H])c3c2c1[2H]. The van der Waals surface area contributed by atoms with Crippen LogP contribution < -0.4 is 0 Å². The van der Waals surface area contributed by atoms with Gasteiger partial charge in [-0.05, 0) is 36.4 Å². The topological polar surface area (TPSA) is 56.7 Å². The maximum Gasteiger partial charge on any atom is 0.164 e. The summed E-state index contributed by atoms with van der Waals surface area (Å²) in [6.45, 7) is 0. The quantitative estimate of drug-likeness (QED) is 0.187. The predicted molar refractivity (Wildman–Crippen MR) is 203 cm³/mol. The van der Waals surface area contributed by atoms with Gasteiger partial charge in [0.1, 0.15) is 11.2 Å². The molecule has 5 heteroatoms. The molecule has 234 valence electrons. The first kappa shape index (κ1) is 22.7. The van der Waals surface area contributed by atoms with Gasteiger partial charge in [-0.15, -0.1) is 0 Å². The maximum atomic E-state index is 9.45. The Bertz CT molecular complexity index is 3110. The lowest BCUT2D eigenvalue weighted by molar-refractivity contribution is 0.670. The van der Waals surface area contributed by atoms with Gasteiger partial charge in [0.05, 0.1) is 24.9 Å². The highest BCUT2D eigenvalue weighted by Crippen LogP contribution is 2.42. The lowest BCUT2D eigenvalue weighted by Crippen LogP contribution is -2.02. The highest BCUT2D eigenvalue weighted by Gasteiger charge is 2.21. The summed E-state index contributed by atoms with van der Waals surface area (Å²) in [5.74, 6) is 1.34. The van der Waals surface area contributed by atoms with E-state index in [2.05, 4.69) is 16.7 Å².